The van der Waals surface area contributed by atoms with E-state index >= 15 is 0 Å². The van der Waals surface area contributed by atoms with E-state index in [4.69, 9.17) is 0 Å². The second-order valence-corrected chi connectivity index (χ2v) is 6.74. The molecular formula is C16H20BrNO2. The second-order valence-electron chi connectivity index (χ2n) is 5.89. The Morgan fingerprint density at radius 2 is 1.95 bits per heavy atom. The molecule has 1 aromatic carbocycles. The topological polar surface area (TPSA) is 40.5 Å². The summed E-state index contributed by atoms with van der Waals surface area (Å²) in [5.74, 6) is -0.0939. The predicted molar refractivity (Wildman–Crippen MR) is 83.4 cm³/mol. The summed E-state index contributed by atoms with van der Waals surface area (Å²) < 4.78 is 0.681. The number of benzene rings is 1. The summed E-state index contributed by atoms with van der Waals surface area (Å²) in [5.41, 5.74) is 1.31. The van der Waals surface area contributed by atoms with E-state index in [9.17, 15) is 9.90 Å². The van der Waals surface area contributed by atoms with Gasteiger partial charge in [0.15, 0.2) is 0 Å². The van der Waals surface area contributed by atoms with Crippen LogP contribution in [0.4, 0.5) is 5.69 Å². The third-order valence-corrected chi connectivity index (χ3v) is 5.42. The maximum absolute atomic E-state index is 11.6. The van der Waals surface area contributed by atoms with Crippen molar-refractivity contribution in [3.8, 4) is 0 Å². The van der Waals surface area contributed by atoms with Gasteiger partial charge in [-0.05, 0) is 59.7 Å². The minimum atomic E-state index is -0.842. The van der Waals surface area contributed by atoms with Gasteiger partial charge in [0.2, 0.25) is 0 Å². The molecule has 3 nitrogen and oxygen atoms in total. The van der Waals surface area contributed by atoms with Crippen molar-refractivity contribution >= 4 is 27.6 Å². The zero-order valence-corrected chi connectivity index (χ0v) is 13.1. The molecule has 0 radical (unpaired) electrons. The van der Waals surface area contributed by atoms with Gasteiger partial charge in [0.1, 0.15) is 0 Å². The first-order valence-electron chi connectivity index (χ1n) is 7.47. The van der Waals surface area contributed by atoms with Gasteiger partial charge >= 0.3 is 5.97 Å². The summed E-state index contributed by atoms with van der Waals surface area (Å²) in [5, 5.41) is 9.52. The molecular weight excluding hydrogens is 318 g/mol. The van der Waals surface area contributed by atoms with Crippen molar-refractivity contribution < 1.29 is 9.90 Å². The van der Waals surface area contributed by atoms with Crippen molar-refractivity contribution in [3.63, 3.8) is 0 Å². The standard InChI is InChI=1S/C16H20BrNO2/c17-12-7-3-9-14(15(12)16(19)20)18-10-4-6-11-5-1-2-8-13(11)18/h3,7,9,11,13H,1-2,4-6,8,10H2,(H,19,20)/t11-,13-/m1/s1. The Morgan fingerprint density at radius 3 is 2.75 bits per heavy atom. The Balaban J connectivity index is 1.99. The molecule has 0 unspecified atom stereocenters. The minimum Gasteiger partial charge on any atom is -0.478 e. The van der Waals surface area contributed by atoms with E-state index in [2.05, 4.69) is 20.8 Å². The number of hydrogen-bond donors (Lipinski definition) is 1. The Morgan fingerprint density at radius 1 is 1.20 bits per heavy atom. The van der Waals surface area contributed by atoms with Crippen LogP contribution < -0.4 is 4.90 Å². The van der Waals surface area contributed by atoms with Gasteiger partial charge in [-0.1, -0.05) is 18.9 Å². The number of rotatable bonds is 2. The molecule has 1 aromatic rings. The van der Waals surface area contributed by atoms with Crippen LogP contribution >= 0.6 is 15.9 Å². The van der Waals surface area contributed by atoms with E-state index in [1.807, 2.05) is 18.2 Å². The molecule has 108 valence electrons. The maximum atomic E-state index is 11.6. The van der Waals surface area contributed by atoms with Crippen molar-refractivity contribution in [3.05, 3.63) is 28.2 Å². The molecule has 2 aliphatic rings. The molecule has 2 fully saturated rings. The zero-order valence-electron chi connectivity index (χ0n) is 11.5. The number of carbonyl (C=O) groups is 1. The molecule has 1 saturated carbocycles. The monoisotopic (exact) mass is 337 g/mol. The average molecular weight is 338 g/mol. The lowest BCUT2D eigenvalue weighted by atomic mass is 9.78. The molecule has 1 saturated heterocycles. The van der Waals surface area contributed by atoms with Gasteiger partial charge in [-0.25, -0.2) is 4.79 Å². The van der Waals surface area contributed by atoms with E-state index in [0.717, 1.165) is 18.2 Å². The molecule has 3 rings (SSSR count). The lowest BCUT2D eigenvalue weighted by molar-refractivity contribution is 0.0696. The van der Waals surface area contributed by atoms with Crippen LogP contribution in [0.1, 0.15) is 48.9 Å². The summed E-state index contributed by atoms with van der Waals surface area (Å²) in [6.07, 6.45) is 7.59. The van der Waals surface area contributed by atoms with Crippen LogP contribution in [0.2, 0.25) is 0 Å². The molecule has 20 heavy (non-hydrogen) atoms. The molecule has 1 aliphatic heterocycles. The Labute approximate surface area is 128 Å². The maximum Gasteiger partial charge on any atom is 0.338 e. The number of fused-ring (bicyclic) bond motifs is 1. The molecule has 1 aliphatic carbocycles. The van der Waals surface area contributed by atoms with Crippen molar-refractivity contribution in [2.45, 2.75) is 44.6 Å². The number of aromatic carboxylic acids is 1. The molecule has 4 heteroatoms. The van der Waals surface area contributed by atoms with Gasteiger partial charge in [0.25, 0.3) is 0 Å². The lowest BCUT2D eigenvalue weighted by Crippen LogP contribution is -2.47. The minimum absolute atomic E-state index is 0.415. The normalized spacial score (nSPS) is 26.1. The first-order chi connectivity index (χ1) is 9.68. The van der Waals surface area contributed by atoms with Gasteiger partial charge in [0.05, 0.1) is 11.3 Å². The highest BCUT2D eigenvalue weighted by molar-refractivity contribution is 9.10. The van der Waals surface area contributed by atoms with Crippen LogP contribution in [0.15, 0.2) is 22.7 Å². The first-order valence-corrected chi connectivity index (χ1v) is 8.26. The van der Waals surface area contributed by atoms with Crippen molar-refractivity contribution in [2.75, 3.05) is 11.4 Å². The number of hydrogen-bond acceptors (Lipinski definition) is 2. The molecule has 1 heterocycles. The Bertz CT molecular complexity index is 515. The fraction of sp³-hybridized carbons (Fsp3) is 0.562. The van der Waals surface area contributed by atoms with Crippen LogP contribution in [-0.2, 0) is 0 Å². The highest BCUT2D eigenvalue weighted by Gasteiger charge is 2.35. The van der Waals surface area contributed by atoms with E-state index < -0.39 is 5.97 Å². The molecule has 2 atom stereocenters. The molecule has 0 aromatic heterocycles. The van der Waals surface area contributed by atoms with Crippen LogP contribution in [0.5, 0.6) is 0 Å². The Hall–Kier alpha value is -1.03. The summed E-state index contributed by atoms with van der Waals surface area (Å²) in [7, 11) is 0. The van der Waals surface area contributed by atoms with E-state index in [0.29, 0.717) is 16.1 Å². The number of anilines is 1. The third-order valence-electron chi connectivity index (χ3n) is 4.76. The summed E-state index contributed by atoms with van der Waals surface area (Å²) in [4.78, 5) is 14.0. The highest BCUT2D eigenvalue weighted by Crippen LogP contribution is 2.40. The quantitative estimate of drug-likeness (QED) is 0.874. The van der Waals surface area contributed by atoms with Crippen molar-refractivity contribution in [2.24, 2.45) is 5.92 Å². The van der Waals surface area contributed by atoms with E-state index in [1.54, 1.807) is 0 Å². The number of nitrogens with zero attached hydrogens (tertiary/aromatic N) is 1. The van der Waals surface area contributed by atoms with Crippen LogP contribution in [0, 0.1) is 5.92 Å². The summed E-state index contributed by atoms with van der Waals surface area (Å²) in [6, 6.07) is 6.25. The van der Waals surface area contributed by atoms with Crippen LogP contribution in [0.3, 0.4) is 0 Å². The van der Waals surface area contributed by atoms with Gasteiger partial charge in [-0.2, -0.15) is 0 Å². The van der Waals surface area contributed by atoms with Gasteiger partial charge in [-0.3, -0.25) is 0 Å². The first kappa shape index (κ1) is 13.9. The number of carboxylic acids is 1. The van der Waals surface area contributed by atoms with Gasteiger partial charge in [-0.15, -0.1) is 0 Å². The molecule has 0 bridgehead atoms. The number of carboxylic acid groups (broad SMARTS) is 1. The smallest absolute Gasteiger partial charge is 0.338 e. The SMILES string of the molecule is O=C(O)c1c(Br)cccc1N1CCC[C@H]2CCCC[C@H]21. The van der Waals surface area contributed by atoms with Crippen LogP contribution in [0.25, 0.3) is 0 Å². The predicted octanol–water partition coefficient (Wildman–Crippen LogP) is 4.31. The highest BCUT2D eigenvalue weighted by atomic mass is 79.9. The van der Waals surface area contributed by atoms with Gasteiger partial charge in [0, 0.05) is 17.1 Å². The molecule has 0 spiro atoms. The number of piperidine rings is 1. The largest absolute Gasteiger partial charge is 0.478 e. The van der Waals surface area contributed by atoms with Crippen LogP contribution in [-0.4, -0.2) is 23.7 Å². The van der Waals surface area contributed by atoms with Crippen molar-refractivity contribution in [1.82, 2.24) is 0 Å². The van der Waals surface area contributed by atoms with Gasteiger partial charge < -0.3 is 10.0 Å². The van der Waals surface area contributed by atoms with E-state index in [-0.39, 0.29) is 0 Å². The molecule has 0 amide bonds. The van der Waals surface area contributed by atoms with E-state index in [1.165, 1.54) is 38.5 Å². The second kappa shape index (κ2) is 5.76. The Kier molecular flexibility index (Phi) is 4.01. The summed E-state index contributed by atoms with van der Waals surface area (Å²) >= 11 is 3.39. The molecule has 1 N–H and O–H groups in total. The third kappa shape index (κ3) is 2.46. The van der Waals surface area contributed by atoms with Crippen molar-refractivity contribution in [1.29, 1.82) is 0 Å². The number of halogens is 1. The fourth-order valence-corrected chi connectivity index (χ4v) is 4.41. The zero-order chi connectivity index (χ0) is 14.1. The lowest BCUT2D eigenvalue weighted by Gasteiger charge is -2.46. The average Bonchev–Trinajstić information content (AvgIpc) is 2.46. The fourth-order valence-electron chi connectivity index (χ4n) is 3.89. The summed E-state index contributed by atoms with van der Waals surface area (Å²) in [6.45, 7) is 0.984.